The number of amides is 1. The Bertz CT molecular complexity index is 1090. The summed E-state index contributed by atoms with van der Waals surface area (Å²) in [5, 5.41) is 22.4. The zero-order chi connectivity index (χ0) is 26.6. The standard InChI is InChI=1S/C19H21NO4.C11H15NO2/c21-17-11-16(14-23-18-9-5-2-6-10-18)20(12-17)19(22)24-13-15-7-3-1-4-8-15;13-10-6-9(12-7-10)8-14-11-4-2-1-3-5-11/h1-10,16-17,21H,11-14H2;1-5,9-10,12-13H,6-8H2/t16-,17+;9-,10+/m00/s1. The molecule has 0 radical (unpaired) electrons. The Morgan fingerprint density at radius 3 is 1.95 bits per heavy atom. The molecule has 2 saturated heterocycles. The van der Waals surface area contributed by atoms with Crippen molar-refractivity contribution >= 4 is 6.09 Å². The maximum Gasteiger partial charge on any atom is 0.410 e. The second-order valence-electron chi connectivity index (χ2n) is 9.48. The summed E-state index contributed by atoms with van der Waals surface area (Å²) in [6.07, 6.45) is 0.107. The monoisotopic (exact) mass is 520 g/mol. The lowest BCUT2D eigenvalue weighted by atomic mass is 10.2. The van der Waals surface area contributed by atoms with Gasteiger partial charge in [-0.05, 0) is 42.7 Å². The van der Waals surface area contributed by atoms with Crippen LogP contribution in [0.1, 0.15) is 18.4 Å². The number of aliphatic hydroxyl groups excluding tert-OH is 2. The van der Waals surface area contributed by atoms with Crippen molar-refractivity contribution in [3.63, 3.8) is 0 Å². The number of β-amino-alcohol motifs (C(OH)–C–C–N with tert-alkyl or cyclic N) is 2. The molecular weight excluding hydrogens is 484 g/mol. The molecule has 3 N–H and O–H groups in total. The van der Waals surface area contributed by atoms with Gasteiger partial charge in [-0.3, -0.25) is 4.90 Å². The first-order valence-corrected chi connectivity index (χ1v) is 13.0. The quantitative estimate of drug-likeness (QED) is 0.417. The lowest BCUT2D eigenvalue weighted by Gasteiger charge is -2.23. The third-order valence-electron chi connectivity index (χ3n) is 6.41. The highest BCUT2D eigenvalue weighted by atomic mass is 16.6. The minimum atomic E-state index is -0.543. The van der Waals surface area contributed by atoms with Crippen molar-refractivity contribution in [2.75, 3.05) is 26.3 Å². The van der Waals surface area contributed by atoms with Crippen LogP contribution in [0.15, 0.2) is 91.0 Å². The summed E-state index contributed by atoms with van der Waals surface area (Å²) in [4.78, 5) is 13.9. The summed E-state index contributed by atoms with van der Waals surface area (Å²) in [7, 11) is 0. The van der Waals surface area contributed by atoms with Crippen molar-refractivity contribution in [2.24, 2.45) is 0 Å². The summed E-state index contributed by atoms with van der Waals surface area (Å²) in [5.41, 5.74) is 0.933. The third-order valence-corrected chi connectivity index (χ3v) is 6.41. The molecule has 0 spiro atoms. The van der Waals surface area contributed by atoms with E-state index in [4.69, 9.17) is 14.2 Å². The van der Waals surface area contributed by atoms with E-state index >= 15 is 0 Å². The normalized spacial score (nSPS) is 22.3. The predicted molar refractivity (Wildman–Crippen MR) is 144 cm³/mol. The maximum absolute atomic E-state index is 12.3. The zero-order valence-electron chi connectivity index (χ0n) is 21.4. The average Bonchev–Trinajstić information content (AvgIpc) is 3.56. The molecule has 1 amide bonds. The van der Waals surface area contributed by atoms with Crippen molar-refractivity contribution < 1.29 is 29.2 Å². The van der Waals surface area contributed by atoms with Gasteiger partial charge >= 0.3 is 6.09 Å². The lowest BCUT2D eigenvalue weighted by Crippen LogP contribution is -2.39. The highest BCUT2D eigenvalue weighted by Crippen LogP contribution is 2.21. The number of nitrogens with one attached hydrogen (secondary N) is 1. The number of hydrogen-bond acceptors (Lipinski definition) is 7. The van der Waals surface area contributed by atoms with Gasteiger partial charge < -0.3 is 29.7 Å². The molecule has 3 aromatic rings. The number of nitrogens with zero attached hydrogens (tertiary/aromatic N) is 1. The van der Waals surface area contributed by atoms with Crippen LogP contribution >= 0.6 is 0 Å². The molecule has 2 aliphatic heterocycles. The smallest absolute Gasteiger partial charge is 0.410 e. The van der Waals surface area contributed by atoms with Gasteiger partial charge in [0.05, 0.1) is 24.8 Å². The number of hydrogen-bond donors (Lipinski definition) is 3. The Kier molecular flexibility index (Phi) is 10.4. The molecule has 0 aliphatic carbocycles. The minimum Gasteiger partial charge on any atom is -0.492 e. The number of carbonyl (C=O) groups excluding carboxylic acids is 1. The topological polar surface area (TPSA) is 100 Å². The molecule has 8 nitrogen and oxygen atoms in total. The minimum absolute atomic E-state index is 0.191. The van der Waals surface area contributed by atoms with Gasteiger partial charge in [-0.15, -0.1) is 0 Å². The summed E-state index contributed by atoms with van der Waals surface area (Å²) in [6, 6.07) is 28.8. The van der Waals surface area contributed by atoms with E-state index < -0.39 is 12.2 Å². The van der Waals surface area contributed by atoms with Crippen LogP contribution in [0.2, 0.25) is 0 Å². The van der Waals surface area contributed by atoms with Gasteiger partial charge in [0.2, 0.25) is 0 Å². The van der Waals surface area contributed by atoms with Crippen LogP contribution < -0.4 is 14.8 Å². The highest BCUT2D eigenvalue weighted by molar-refractivity contribution is 5.68. The van der Waals surface area contributed by atoms with E-state index in [0.29, 0.717) is 26.2 Å². The van der Waals surface area contributed by atoms with Crippen LogP contribution in [-0.2, 0) is 11.3 Å². The molecule has 2 heterocycles. The highest BCUT2D eigenvalue weighted by Gasteiger charge is 2.35. The summed E-state index contributed by atoms with van der Waals surface area (Å²) < 4.78 is 16.6. The number of aliphatic hydroxyl groups is 2. The zero-order valence-corrected chi connectivity index (χ0v) is 21.4. The Morgan fingerprint density at radius 1 is 0.789 bits per heavy atom. The number of benzene rings is 3. The molecule has 0 bridgehead atoms. The number of likely N-dealkylation sites (tertiary alicyclic amines) is 1. The van der Waals surface area contributed by atoms with E-state index in [1.807, 2.05) is 91.0 Å². The first kappa shape index (κ1) is 27.4. The van der Waals surface area contributed by atoms with E-state index in [0.717, 1.165) is 23.5 Å². The fraction of sp³-hybridized carbons (Fsp3) is 0.367. The Morgan fingerprint density at radius 2 is 1.37 bits per heavy atom. The van der Waals surface area contributed by atoms with Gasteiger partial charge in [0.1, 0.15) is 31.3 Å². The van der Waals surface area contributed by atoms with Gasteiger partial charge in [0.15, 0.2) is 0 Å². The van der Waals surface area contributed by atoms with Gasteiger partial charge in [-0.2, -0.15) is 0 Å². The molecule has 38 heavy (non-hydrogen) atoms. The first-order chi connectivity index (χ1) is 18.6. The molecule has 4 atom stereocenters. The molecular formula is C30H36N2O6. The SMILES string of the molecule is O=C(OCc1ccccc1)N1C[C@H](O)C[C@H]1COc1ccccc1.O[C@H]1CN[C@H](COc2ccccc2)C1. The molecule has 3 aromatic carbocycles. The van der Waals surface area contributed by atoms with Crippen LogP contribution in [0.5, 0.6) is 11.5 Å². The lowest BCUT2D eigenvalue weighted by molar-refractivity contribution is 0.0797. The summed E-state index contributed by atoms with van der Waals surface area (Å²) in [6.45, 7) is 2.14. The van der Waals surface area contributed by atoms with E-state index in [1.165, 1.54) is 0 Å². The van der Waals surface area contributed by atoms with Gasteiger partial charge in [-0.25, -0.2) is 4.79 Å². The second kappa shape index (κ2) is 14.4. The van der Waals surface area contributed by atoms with Crippen molar-refractivity contribution in [1.82, 2.24) is 10.2 Å². The average molecular weight is 521 g/mol. The third kappa shape index (κ3) is 8.76. The molecule has 0 aromatic heterocycles. The van der Waals surface area contributed by atoms with Crippen LogP contribution in [-0.4, -0.2) is 71.8 Å². The summed E-state index contributed by atoms with van der Waals surface area (Å²) >= 11 is 0. The Balaban J connectivity index is 0.000000204. The van der Waals surface area contributed by atoms with Gasteiger partial charge in [0.25, 0.3) is 0 Å². The molecule has 8 heteroatoms. The van der Waals surface area contributed by atoms with Crippen LogP contribution in [0.4, 0.5) is 4.79 Å². The number of rotatable bonds is 8. The predicted octanol–water partition coefficient (Wildman–Crippen LogP) is 3.63. The van der Waals surface area contributed by atoms with Crippen LogP contribution in [0.3, 0.4) is 0 Å². The van der Waals surface area contributed by atoms with Crippen molar-refractivity contribution in [3.05, 3.63) is 96.6 Å². The largest absolute Gasteiger partial charge is 0.492 e. The molecule has 202 valence electrons. The fourth-order valence-corrected chi connectivity index (χ4v) is 4.42. The number of para-hydroxylation sites is 2. The molecule has 5 rings (SSSR count). The fourth-order valence-electron chi connectivity index (χ4n) is 4.42. The van der Waals surface area contributed by atoms with E-state index in [9.17, 15) is 15.0 Å². The summed E-state index contributed by atoms with van der Waals surface area (Å²) in [5.74, 6) is 1.63. The van der Waals surface area contributed by atoms with Crippen LogP contribution in [0, 0.1) is 0 Å². The van der Waals surface area contributed by atoms with Gasteiger partial charge in [-0.1, -0.05) is 66.7 Å². The van der Waals surface area contributed by atoms with Crippen molar-refractivity contribution in [1.29, 1.82) is 0 Å². The number of carbonyl (C=O) groups is 1. The molecule has 2 aliphatic rings. The molecule has 0 unspecified atom stereocenters. The van der Waals surface area contributed by atoms with E-state index in [-0.39, 0.29) is 31.3 Å². The van der Waals surface area contributed by atoms with Crippen LogP contribution in [0.25, 0.3) is 0 Å². The second-order valence-corrected chi connectivity index (χ2v) is 9.48. The molecule has 2 fully saturated rings. The van der Waals surface area contributed by atoms with Crippen molar-refractivity contribution in [3.8, 4) is 11.5 Å². The number of ether oxygens (including phenoxy) is 3. The van der Waals surface area contributed by atoms with Gasteiger partial charge in [0, 0.05) is 12.6 Å². The Labute approximate surface area is 223 Å². The first-order valence-electron chi connectivity index (χ1n) is 13.0. The van der Waals surface area contributed by atoms with E-state index in [1.54, 1.807) is 4.90 Å². The van der Waals surface area contributed by atoms with E-state index in [2.05, 4.69) is 5.32 Å². The maximum atomic E-state index is 12.3. The Hall–Kier alpha value is -3.59. The van der Waals surface area contributed by atoms with Crippen molar-refractivity contribution in [2.45, 2.75) is 43.7 Å². The molecule has 0 saturated carbocycles.